The van der Waals surface area contributed by atoms with E-state index in [4.69, 9.17) is 4.74 Å². The van der Waals surface area contributed by atoms with E-state index in [9.17, 15) is 9.59 Å². The molecule has 2 amide bonds. The maximum atomic E-state index is 12.4. The fourth-order valence-electron chi connectivity index (χ4n) is 3.26. The lowest BCUT2D eigenvalue weighted by Crippen LogP contribution is -2.50. The van der Waals surface area contributed by atoms with Gasteiger partial charge in [0.05, 0.1) is 12.2 Å². The summed E-state index contributed by atoms with van der Waals surface area (Å²) >= 11 is 0. The number of nitrogens with zero attached hydrogens (tertiary/aromatic N) is 1. The van der Waals surface area contributed by atoms with Crippen LogP contribution < -0.4 is 15.0 Å². The van der Waals surface area contributed by atoms with Crippen molar-refractivity contribution in [2.45, 2.75) is 45.1 Å². The molecule has 0 radical (unpaired) electrons. The molecule has 1 heterocycles. The first kappa shape index (κ1) is 16.6. The van der Waals surface area contributed by atoms with Crippen molar-refractivity contribution in [3.63, 3.8) is 0 Å². The number of hydrogen-bond acceptors (Lipinski definition) is 3. The van der Waals surface area contributed by atoms with Crippen molar-refractivity contribution in [3.8, 4) is 5.75 Å². The molecule has 24 heavy (non-hydrogen) atoms. The van der Waals surface area contributed by atoms with Crippen molar-refractivity contribution in [1.29, 1.82) is 0 Å². The van der Waals surface area contributed by atoms with Gasteiger partial charge >= 0.3 is 0 Å². The molecule has 0 aromatic heterocycles. The van der Waals surface area contributed by atoms with Crippen molar-refractivity contribution >= 4 is 17.5 Å². The minimum atomic E-state index is -0.663. The molecule has 1 N–H and O–H groups in total. The fourth-order valence-corrected chi connectivity index (χ4v) is 3.26. The first-order valence-electron chi connectivity index (χ1n) is 8.64. The monoisotopic (exact) mass is 328 g/mol. The molecule has 1 atom stereocenters. The van der Waals surface area contributed by atoms with E-state index in [2.05, 4.69) is 11.4 Å². The molecule has 0 fully saturated rings. The van der Waals surface area contributed by atoms with Gasteiger partial charge in [0.15, 0.2) is 6.10 Å². The number of nitrogens with one attached hydrogen (secondary N) is 1. The van der Waals surface area contributed by atoms with Crippen molar-refractivity contribution in [2.24, 2.45) is 0 Å². The van der Waals surface area contributed by atoms with E-state index in [1.54, 1.807) is 11.0 Å². The summed E-state index contributed by atoms with van der Waals surface area (Å²) in [4.78, 5) is 25.9. The van der Waals surface area contributed by atoms with Crippen molar-refractivity contribution < 1.29 is 14.3 Å². The van der Waals surface area contributed by atoms with Crippen LogP contribution in [-0.2, 0) is 9.59 Å². The number of allylic oxidation sites excluding steroid dienone is 1. The molecule has 1 aliphatic heterocycles. The Bertz CT molecular complexity index is 654. The quantitative estimate of drug-likeness (QED) is 0.865. The Morgan fingerprint density at radius 1 is 1.29 bits per heavy atom. The number of carbonyl (C=O) groups is 2. The van der Waals surface area contributed by atoms with E-state index in [0.29, 0.717) is 12.3 Å². The zero-order chi connectivity index (χ0) is 16.9. The summed E-state index contributed by atoms with van der Waals surface area (Å²) in [5.74, 6) is 0.331. The first-order chi connectivity index (χ1) is 11.6. The Morgan fingerprint density at radius 3 is 2.88 bits per heavy atom. The van der Waals surface area contributed by atoms with E-state index in [-0.39, 0.29) is 18.4 Å². The molecule has 0 spiro atoms. The Balaban J connectivity index is 1.59. The highest BCUT2D eigenvalue weighted by molar-refractivity contribution is 5.95. The molecular formula is C19H24N2O3. The summed E-state index contributed by atoms with van der Waals surface area (Å²) in [6.07, 6.45) is 7.33. The molecule has 128 valence electrons. The molecule has 1 aromatic carbocycles. The van der Waals surface area contributed by atoms with Crippen LogP contribution in [0.1, 0.15) is 39.0 Å². The second kappa shape index (κ2) is 7.51. The van der Waals surface area contributed by atoms with Gasteiger partial charge in [0.2, 0.25) is 5.91 Å². The van der Waals surface area contributed by atoms with Crippen LogP contribution in [0.5, 0.6) is 5.75 Å². The predicted octanol–water partition coefficient (Wildman–Crippen LogP) is 2.81. The minimum absolute atomic E-state index is 0.0871. The van der Waals surface area contributed by atoms with Crippen LogP contribution in [0.25, 0.3) is 0 Å². The van der Waals surface area contributed by atoms with E-state index in [0.717, 1.165) is 24.9 Å². The standard InChI is InChI=1S/C19H24N2O3/c1-14(22)21-13-18(24-17-10-6-5-9-16(17)21)19(23)20-12-11-15-7-3-2-4-8-15/h5-7,9-10,18H,2-4,8,11-13H2,1H3,(H,20,23). The van der Waals surface area contributed by atoms with E-state index < -0.39 is 6.10 Å². The number of fused-ring (bicyclic) bond motifs is 1. The average Bonchev–Trinajstić information content (AvgIpc) is 2.61. The lowest BCUT2D eigenvalue weighted by Gasteiger charge is -2.33. The summed E-state index contributed by atoms with van der Waals surface area (Å²) < 4.78 is 5.80. The normalized spacial score (nSPS) is 19.8. The van der Waals surface area contributed by atoms with Gasteiger partial charge in [0.1, 0.15) is 5.75 Å². The van der Waals surface area contributed by atoms with Crippen molar-refractivity contribution in [1.82, 2.24) is 5.32 Å². The lowest BCUT2D eigenvalue weighted by molar-refractivity contribution is -0.128. The minimum Gasteiger partial charge on any atom is -0.477 e. The van der Waals surface area contributed by atoms with Crippen LogP contribution in [-0.4, -0.2) is 31.0 Å². The lowest BCUT2D eigenvalue weighted by atomic mass is 9.97. The molecule has 1 aliphatic carbocycles. The maximum absolute atomic E-state index is 12.4. The highest BCUT2D eigenvalue weighted by atomic mass is 16.5. The predicted molar refractivity (Wildman–Crippen MR) is 93.1 cm³/mol. The van der Waals surface area contributed by atoms with Gasteiger partial charge in [-0.05, 0) is 44.2 Å². The third kappa shape index (κ3) is 3.78. The van der Waals surface area contributed by atoms with Crippen molar-refractivity contribution in [2.75, 3.05) is 18.0 Å². The molecule has 3 rings (SSSR count). The summed E-state index contributed by atoms with van der Waals surface area (Å²) in [6, 6.07) is 7.32. The average molecular weight is 328 g/mol. The Labute approximate surface area is 142 Å². The largest absolute Gasteiger partial charge is 0.477 e. The Morgan fingerprint density at radius 2 is 2.12 bits per heavy atom. The van der Waals surface area contributed by atoms with Gasteiger partial charge in [-0.3, -0.25) is 9.59 Å². The number of hydrogen-bond donors (Lipinski definition) is 1. The number of rotatable bonds is 4. The first-order valence-corrected chi connectivity index (χ1v) is 8.64. The second-order valence-corrected chi connectivity index (χ2v) is 6.35. The van der Waals surface area contributed by atoms with E-state index in [1.165, 1.54) is 25.3 Å². The zero-order valence-electron chi connectivity index (χ0n) is 14.1. The van der Waals surface area contributed by atoms with Crippen LogP contribution in [0, 0.1) is 0 Å². The number of benzene rings is 1. The summed E-state index contributed by atoms with van der Waals surface area (Å²) in [5.41, 5.74) is 2.16. The highest BCUT2D eigenvalue weighted by Gasteiger charge is 2.32. The van der Waals surface area contributed by atoms with Gasteiger partial charge in [0.25, 0.3) is 5.91 Å². The fraction of sp³-hybridized carbons (Fsp3) is 0.474. The zero-order valence-corrected chi connectivity index (χ0v) is 14.1. The number of ether oxygens (including phenoxy) is 1. The second-order valence-electron chi connectivity index (χ2n) is 6.35. The Kier molecular flexibility index (Phi) is 5.18. The van der Waals surface area contributed by atoms with Gasteiger partial charge < -0.3 is 15.0 Å². The van der Waals surface area contributed by atoms with E-state index >= 15 is 0 Å². The SMILES string of the molecule is CC(=O)N1CC(C(=O)NCCC2=CCCCC2)Oc2ccccc21. The van der Waals surface area contributed by atoms with Gasteiger partial charge in [-0.2, -0.15) is 0 Å². The van der Waals surface area contributed by atoms with Gasteiger partial charge in [0, 0.05) is 13.5 Å². The van der Waals surface area contributed by atoms with Gasteiger partial charge in [-0.15, -0.1) is 0 Å². The summed E-state index contributed by atoms with van der Waals surface area (Å²) in [7, 11) is 0. The summed E-state index contributed by atoms with van der Waals surface area (Å²) in [6.45, 7) is 2.37. The third-order valence-corrected chi connectivity index (χ3v) is 4.58. The van der Waals surface area contributed by atoms with Gasteiger partial charge in [-0.25, -0.2) is 0 Å². The van der Waals surface area contributed by atoms with E-state index in [1.807, 2.05) is 18.2 Å². The Hall–Kier alpha value is -2.30. The molecule has 1 unspecified atom stereocenters. The van der Waals surface area contributed by atoms with Crippen molar-refractivity contribution in [3.05, 3.63) is 35.9 Å². The molecular weight excluding hydrogens is 304 g/mol. The third-order valence-electron chi connectivity index (χ3n) is 4.58. The highest BCUT2D eigenvalue weighted by Crippen LogP contribution is 2.33. The molecule has 5 heteroatoms. The molecule has 0 saturated carbocycles. The number of carbonyl (C=O) groups excluding carboxylic acids is 2. The molecule has 2 aliphatic rings. The van der Waals surface area contributed by atoms with Crippen LogP contribution in [0.4, 0.5) is 5.69 Å². The van der Waals surface area contributed by atoms with Crippen LogP contribution in [0.2, 0.25) is 0 Å². The molecule has 5 nitrogen and oxygen atoms in total. The number of para-hydroxylation sites is 2. The topological polar surface area (TPSA) is 58.6 Å². The van der Waals surface area contributed by atoms with Gasteiger partial charge in [-0.1, -0.05) is 23.8 Å². The van der Waals surface area contributed by atoms with Crippen LogP contribution >= 0.6 is 0 Å². The maximum Gasteiger partial charge on any atom is 0.262 e. The number of amides is 2. The van der Waals surface area contributed by atoms with Crippen LogP contribution in [0.15, 0.2) is 35.9 Å². The summed E-state index contributed by atoms with van der Waals surface area (Å²) in [5, 5.41) is 2.95. The van der Waals surface area contributed by atoms with Crippen LogP contribution in [0.3, 0.4) is 0 Å². The molecule has 1 aromatic rings. The smallest absolute Gasteiger partial charge is 0.262 e. The molecule has 0 saturated heterocycles. The molecule has 0 bridgehead atoms. The number of anilines is 1.